The van der Waals surface area contributed by atoms with Crippen LogP contribution in [-0.2, 0) is 17.5 Å². The number of hydrogen-bond donors (Lipinski definition) is 1. The van der Waals surface area contributed by atoms with E-state index in [2.05, 4.69) is 14.7 Å². The Labute approximate surface area is 162 Å². The summed E-state index contributed by atoms with van der Waals surface area (Å²) in [6.45, 7) is 0.317. The molecule has 2 atom stereocenters. The SMILES string of the molecule is NC(=O)O[C@H]1CCCC[C@H]1N1Cc2ccc(-c3noc(C(F)(F)F)n3)cc2C1=O. The highest BCUT2D eigenvalue weighted by Gasteiger charge is 2.40. The fourth-order valence-electron chi connectivity index (χ4n) is 3.91. The molecular weight excluding hydrogens is 393 g/mol. The summed E-state index contributed by atoms with van der Waals surface area (Å²) in [6.07, 6.45) is -3.07. The number of nitrogens with two attached hydrogens (primary N) is 1. The van der Waals surface area contributed by atoms with Gasteiger partial charge in [0, 0.05) is 17.7 Å². The summed E-state index contributed by atoms with van der Waals surface area (Å²) in [4.78, 5) is 29.2. The number of benzene rings is 1. The lowest BCUT2D eigenvalue weighted by molar-refractivity contribution is -0.159. The number of amides is 2. The van der Waals surface area contributed by atoms with Crippen LogP contribution in [0.2, 0.25) is 0 Å². The molecule has 1 saturated carbocycles. The molecule has 1 aliphatic carbocycles. The van der Waals surface area contributed by atoms with Gasteiger partial charge in [-0.2, -0.15) is 18.2 Å². The lowest BCUT2D eigenvalue weighted by Gasteiger charge is -2.36. The molecule has 1 fully saturated rings. The zero-order valence-corrected chi connectivity index (χ0v) is 15.1. The number of nitrogens with zero attached hydrogens (tertiary/aromatic N) is 3. The molecule has 2 amide bonds. The highest BCUT2D eigenvalue weighted by atomic mass is 19.4. The van der Waals surface area contributed by atoms with Gasteiger partial charge in [-0.3, -0.25) is 4.79 Å². The van der Waals surface area contributed by atoms with Crippen molar-refractivity contribution in [2.75, 3.05) is 0 Å². The molecule has 2 aromatic rings. The Morgan fingerprint density at radius 1 is 1.28 bits per heavy atom. The van der Waals surface area contributed by atoms with Crippen LogP contribution in [0.25, 0.3) is 11.4 Å². The summed E-state index contributed by atoms with van der Waals surface area (Å²) in [7, 11) is 0. The molecule has 1 aromatic carbocycles. The monoisotopic (exact) mass is 410 g/mol. The van der Waals surface area contributed by atoms with Crippen molar-refractivity contribution in [3.63, 3.8) is 0 Å². The summed E-state index contributed by atoms with van der Waals surface area (Å²) in [6, 6.07) is 4.34. The van der Waals surface area contributed by atoms with E-state index < -0.39 is 24.3 Å². The summed E-state index contributed by atoms with van der Waals surface area (Å²) in [5.41, 5.74) is 6.47. The van der Waals surface area contributed by atoms with Crippen LogP contribution in [0.15, 0.2) is 22.7 Å². The smallest absolute Gasteiger partial charge is 0.444 e. The Bertz CT molecular complexity index is 959. The minimum Gasteiger partial charge on any atom is -0.444 e. The Morgan fingerprint density at radius 2 is 2.03 bits per heavy atom. The van der Waals surface area contributed by atoms with E-state index in [0.29, 0.717) is 24.9 Å². The van der Waals surface area contributed by atoms with Gasteiger partial charge in [0.15, 0.2) is 0 Å². The second-order valence-corrected chi connectivity index (χ2v) is 7.05. The fraction of sp³-hybridized carbons (Fsp3) is 0.444. The van der Waals surface area contributed by atoms with Crippen LogP contribution in [0.5, 0.6) is 0 Å². The highest BCUT2D eigenvalue weighted by Crippen LogP contribution is 2.35. The average Bonchev–Trinajstić information content (AvgIpc) is 3.27. The molecule has 2 aliphatic rings. The van der Waals surface area contributed by atoms with Crippen molar-refractivity contribution < 1.29 is 32.0 Å². The third kappa shape index (κ3) is 3.64. The van der Waals surface area contributed by atoms with Crippen molar-refractivity contribution in [2.24, 2.45) is 5.73 Å². The second kappa shape index (κ2) is 7.05. The number of aromatic nitrogens is 2. The number of carbonyl (C=O) groups excluding carboxylic acids is 2. The van der Waals surface area contributed by atoms with E-state index in [1.807, 2.05) is 0 Å². The van der Waals surface area contributed by atoms with Crippen LogP contribution in [0.4, 0.5) is 18.0 Å². The fourth-order valence-corrected chi connectivity index (χ4v) is 3.91. The molecule has 154 valence electrons. The predicted octanol–water partition coefficient (Wildman–Crippen LogP) is 3.12. The van der Waals surface area contributed by atoms with Crippen LogP contribution >= 0.6 is 0 Å². The maximum Gasteiger partial charge on any atom is 0.471 e. The van der Waals surface area contributed by atoms with Crippen molar-refractivity contribution >= 4 is 12.0 Å². The first kappa shape index (κ1) is 19.2. The van der Waals surface area contributed by atoms with Crippen LogP contribution in [0.1, 0.15) is 47.5 Å². The van der Waals surface area contributed by atoms with Crippen LogP contribution in [0.3, 0.4) is 0 Å². The van der Waals surface area contributed by atoms with Gasteiger partial charge in [-0.05, 0) is 30.9 Å². The van der Waals surface area contributed by atoms with Crippen molar-refractivity contribution in [1.29, 1.82) is 0 Å². The molecule has 4 rings (SSSR count). The molecule has 0 radical (unpaired) electrons. The van der Waals surface area contributed by atoms with E-state index in [0.717, 1.165) is 18.4 Å². The number of alkyl halides is 3. The molecule has 0 bridgehead atoms. The molecular formula is C18H17F3N4O4. The number of hydrogen-bond acceptors (Lipinski definition) is 6. The predicted molar refractivity (Wildman–Crippen MR) is 91.3 cm³/mol. The van der Waals surface area contributed by atoms with Gasteiger partial charge in [-0.25, -0.2) is 4.79 Å². The van der Waals surface area contributed by atoms with Gasteiger partial charge in [0.05, 0.1) is 6.04 Å². The second-order valence-electron chi connectivity index (χ2n) is 7.05. The zero-order chi connectivity index (χ0) is 20.8. The van der Waals surface area contributed by atoms with Gasteiger partial charge in [-0.15, -0.1) is 0 Å². The lowest BCUT2D eigenvalue weighted by Crippen LogP contribution is -2.48. The summed E-state index contributed by atoms with van der Waals surface area (Å²) >= 11 is 0. The maximum atomic E-state index is 13.0. The van der Waals surface area contributed by atoms with Crippen LogP contribution in [0, 0.1) is 0 Å². The normalized spacial score (nSPS) is 21.9. The minimum atomic E-state index is -4.75. The van der Waals surface area contributed by atoms with Crippen molar-refractivity contribution in [3.05, 3.63) is 35.2 Å². The van der Waals surface area contributed by atoms with Gasteiger partial charge in [-0.1, -0.05) is 23.7 Å². The van der Waals surface area contributed by atoms with E-state index in [1.165, 1.54) is 6.07 Å². The van der Waals surface area contributed by atoms with Crippen LogP contribution < -0.4 is 5.73 Å². The molecule has 0 saturated heterocycles. The Balaban J connectivity index is 1.59. The van der Waals surface area contributed by atoms with Gasteiger partial charge in [0.2, 0.25) is 5.82 Å². The highest BCUT2D eigenvalue weighted by molar-refractivity contribution is 5.99. The standard InChI is InChI=1S/C18H17F3N4O4/c19-18(20,21)16-23-14(24-29-16)9-5-6-10-8-25(15(26)11(10)7-9)12-3-1-2-4-13(12)28-17(22)27/h5-7,12-13H,1-4,8H2,(H2,22,27)/t12-,13+/m1/s1. The Kier molecular flexibility index (Phi) is 4.67. The molecule has 2 heterocycles. The van der Waals surface area contributed by atoms with Gasteiger partial charge < -0.3 is 19.9 Å². The van der Waals surface area contributed by atoms with E-state index in [-0.39, 0.29) is 23.3 Å². The van der Waals surface area contributed by atoms with E-state index in [9.17, 15) is 22.8 Å². The van der Waals surface area contributed by atoms with Gasteiger partial charge in [0.1, 0.15) is 6.10 Å². The molecule has 2 N–H and O–H groups in total. The van der Waals surface area contributed by atoms with Crippen LogP contribution in [-0.4, -0.2) is 39.2 Å². The lowest BCUT2D eigenvalue weighted by atomic mass is 9.91. The van der Waals surface area contributed by atoms with Gasteiger partial charge in [0.25, 0.3) is 5.91 Å². The number of rotatable bonds is 3. The number of primary amides is 1. The quantitative estimate of drug-likeness (QED) is 0.832. The number of halogens is 3. The molecule has 11 heteroatoms. The zero-order valence-electron chi connectivity index (χ0n) is 15.1. The van der Waals surface area contributed by atoms with E-state index in [1.54, 1.807) is 17.0 Å². The van der Waals surface area contributed by atoms with Crippen molar-refractivity contribution in [3.8, 4) is 11.4 Å². The number of fused-ring (bicyclic) bond motifs is 1. The molecule has 8 nitrogen and oxygen atoms in total. The van der Waals surface area contributed by atoms with E-state index in [4.69, 9.17) is 10.5 Å². The van der Waals surface area contributed by atoms with Crippen molar-refractivity contribution in [1.82, 2.24) is 15.0 Å². The third-order valence-corrected chi connectivity index (χ3v) is 5.20. The topological polar surface area (TPSA) is 112 Å². The molecule has 0 spiro atoms. The average molecular weight is 410 g/mol. The molecule has 0 unspecified atom stereocenters. The number of ether oxygens (including phenoxy) is 1. The first-order valence-electron chi connectivity index (χ1n) is 9.05. The first-order chi connectivity index (χ1) is 13.7. The van der Waals surface area contributed by atoms with Crippen molar-refractivity contribution in [2.45, 2.75) is 50.6 Å². The summed E-state index contributed by atoms with van der Waals surface area (Å²) in [5, 5.41) is 3.35. The number of carbonyl (C=O) groups is 2. The minimum absolute atomic E-state index is 0.242. The third-order valence-electron chi connectivity index (χ3n) is 5.20. The molecule has 1 aromatic heterocycles. The Hall–Kier alpha value is -3.11. The molecule has 29 heavy (non-hydrogen) atoms. The first-order valence-corrected chi connectivity index (χ1v) is 9.05. The Morgan fingerprint density at radius 3 is 2.72 bits per heavy atom. The van der Waals surface area contributed by atoms with Gasteiger partial charge >= 0.3 is 18.2 Å². The maximum absolute atomic E-state index is 13.0. The van der Waals surface area contributed by atoms with E-state index >= 15 is 0 Å². The summed E-state index contributed by atoms with van der Waals surface area (Å²) < 4.78 is 47.5. The largest absolute Gasteiger partial charge is 0.471 e. The molecule has 1 aliphatic heterocycles. The summed E-state index contributed by atoms with van der Waals surface area (Å²) in [5.74, 6) is -1.99.